The molecule has 1 aliphatic heterocycles. The SMILES string of the molecule is O=C(/C=C/c1ccc(O)c(O)c1)O[C@H](Cc1ccc(O)c2c1[C@@H](C(=O)O[C@@H](Cc1ccc(O)c(O)c1)C(=O)O)[C@H](c1ccc(O)c(O)c1)O2)C(=O)O. The first-order valence-corrected chi connectivity index (χ1v) is 15.2. The van der Waals surface area contributed by atoms with Crippen molar-refractivity contribution >= 4 is 30.0 Å². The molecule has 1 aliphatic rings. The van der Waals surface area contributed by atoms with Gasteiger partial charge in [0, 0.05) is 24.5 Å². The lowest BCUT2D eigenvalue weighted by atomic mass is 9.86. The molecule has 0 aromatic heterocycles. The number of aliphatic carboxylic acids is 2. The Labute approximate surface area is 292 Å². The second-order valence-corrected chi connectivity index (χ2v) is 11.6. The van der Waals surface area contributed by atoms with E-state index in [1.165, 1.54) is 36.4 Å². The van der Waals surface area contributed by atoms with Crippen molar-refractivity contribution in [1.29, 1.82) is 0 Å². The van der Waals surface area contributed by atoms with Gasteiger partial charge < -0.3 is 60.2 Å². The molecule has 4 atom stereocenters. The van der Waals surface area contributed by atoms with E-state index in [0.29, 0.717) is 0 Å². The van der Waals surface area contributed by atoms with E-state index < -0.39 is 101 Å². The lowest BCUT2D eigenvalue weighted by Gasteiger charge is -2.22. The van der Waals surface area contributed by atoms with Crippen LogP contribution in [0.1, 0.15) is 39.8 Å². The summed E-state index contributed by atoms with van der Waals surface area (Å²) in [7, 11) is 0. The van der Waals surface area contributed by atoms with Crippen LogP contribution in [0.25, 0.3) is 6.08 Å². The molecule has 52 heavy (non-hydrogen) atoms. The summed E-state index contributed by atoms with van der Waals surface area (Å²) in [6, 6.07) is 12.9. The fraction of sp³-hybridized carbons (Fsp3) is 0.167. The van der Waals surface area contributed by atoms with Gasteiger partial charge in [-0.1, -0.05) is 24.3 Å². The first-order chi connectivity index (χ1) is 24.6. The van der Waals surface area contributed by atoms with Gasteiger partial charge in [-0.3, -0.25) is 4.79 Å². The van der Waals surface area contributed by atoms with Crippen molar-refractivity contribution in [3.8, 4) is 46.0 Å². The van der Waals surface area contributed by atoms with E-state index in [2.05, 4.69) is 0 Å². The maximum atomic E-state index is 14.0. The Bertz CT molecular complexity index is 2090. The van der Waals surface area contributed by atoms with Gasteiger partial charge in [0.1, 0.15) is 12.0 Å². The summed E-state index contributed by atoms with van der Waals surface area (Å²) in [5.41, 5.74) is 0.344. The van der Waals surface area contributed by atoms with Crippen molar-refractivity contribution in [1.82, 2.24) is 0 Å². The number of benzene rings is 4. The largest absolute Gasteiger partial charge is 0.504 e. The lowest BCUT2D eigenvalue weighted by molar-refractivity contribution is -0.166. The van der Waals surface area contributed by atoms with Crippen molar-refractivity contribution in [2.45, 2.75) is 37.1 Å². The van der Waals surface area contributed by atoms with Crippen LogP contribution in [-0.4, -0.2) is 82.0 Å². The highest BCUT2D eigenvalue weighted by Gasteiger charge is 2.46. The molecule has 4 aromatic carbocycles. The minimum absolute atomic E-state index is 0.00298. The zero-order chi connectivity index (χ0) is 37.9. The monoisotopic (exact) mass is 718 g/mol. The highest BCUT2D eigenvalue weighted by molar-refractivity contribution is 5.90. The van der Waals surface area contributed by atoms with Gasteiger partial charge in [0.2, 0.25) is 12.2 Å². The van der Waals surface area contributed by atoms with Gasteiger partial charge in [-0.05, 0) is 70.8 Å². The molecular formula is C36H30O16. The van der Waals surface area contributed by atoms with Crippen molar-refractivity contribution in [2.75, 3.05) is 0 Å². The molecule has 9 N–H and O–H groups in total. The number of phenolic OH excluding ortho intramolecular Hbond substituents is 7. The van der Waals surface area contributed by atoms with Crippen molar-refractivity contribution in [3.63, 3.8) is 0 Å². The molecule has 0 bridgehead atoms. The number of rotatable bonds is 12. The van der Waals surface area contributed by atoms with E-state index in [9.17, 15) is 65.1 Å². The number of fused-ring (bicyclic) bond motifs is 1. The molecule has 270 valence electrons. The topological polar surface area (TPSA) is 278 Å². The molecular weight excluding hydrogens is 688 g/mol. The standard InChI is InChI=1S/C36H30O16/c37-20-6-1-16(11-24(20)41)3-10-29(44)50-28(35(47)48)15-18-4-9-23(40)33-30(18)31(32(52-33)19-5-8-22(39)26(43)14-19)36(49)51-27(34(45)46)13-17-2-7-21(38)25(42)12-17/h1-12,14,27-28,31-32,37-43H,13,15H2,(H,45,46)(H,47,48)/b10-3+/t27-,28+,31+,32-/m0/s1. The number of carbonyl (C=O) groups is 4. The van der Waals surface area contributed by atoms with Gasteiger partial charge in [-0.2, -0.15) is 0 Å². The second-order valence-electron chi connectivity index (χ2n) is 11.6. The van der Waals surface area contributed by atoms with Crippen LogP contribution in [-0.2, 0) is 41.5 Å². The number of hydrogen-bond donors (Lipinski definition) is 9. The Morgan fingerprint density at radius 3 is 1.85 bits per heavy atom. The Balaban J connectivity index is 1.49. The fourth-order valence-corrected chi connectivity index (χ4v) is 5.51. The second kappa shape index (κ2) is 14.8. The predicted molar refractivity (Wildman–Crippen MR) is 175 cm³/mol. The Morgan fingerprint density at radius 2 is 1.23 bits per heavy atom. The number of carbonyl (C=O) groups excluding carboxylic acids is 2. The Morgan fingerprint density at radius 1 is 0.654 bits per heavy atom. The number of hydrogen-bond acceptors (Lipinski definition) is 14. The summed E-state index contributed by atoms with van der Waals surface area (Å²) < 4.78 is 16.6. The average molecular weight is 719 g/mol. The summed E-state index contributed by atoms with van der Waals surface area (Å²) in [6.45, 7) is 0. The van der Waals surface area contributed by atoms with Crippen LogP contribution in [0.2, 0.25) is 0 Å². The summed E-state index contributed by atoms with van der Waals surface area (Å²) in [5.74, 6) is -11.1. The summed E-state index contributed by atoms with van der Waals surface area (Å²) in [4.78, 5) is 51.2. The summed E-state index contributed by atoms with van der Waals surface area (Å²) in [5, 5.41) is 89.4. The number of carboxylic acid groups (broad SMARTS) is 2. The molecule has 0 spiro atoms. The predicted octanol–water partition coefficient (Wildman–Crippen LogP) is 3.33. The van der Waals surface area contributed by atoms with E-state index in [1.54, 1.807) is 0 Å². The van der Waals surface area contributed by atoms with E-state index in [-0.39, 0.29) is 33.6 Å². The zero-order valence-corrected chi connectivity index (χ0v) is 26.6. The quantitative estimate of drug-likeness (QED) is 0.0577. The molecule has 0 radical (unpaired) electrons. The first-order valence-electron chi connectivity index (χ1n) is 15.2. The molecule has 0 fully saturated rings. The molecule has 5 rings (SSSR count). The van der Waals surface area contributed by atoms with E-state index in [4.69, 9.17) is 14.2 Å². The number of aromatic hydroxyl groups is 7. The summed E-state index contributed by atoms with van der Waals surface area (Å²) >= 11 is 0. The summed E-state index contributed by atoms with van der Waals surface area (Å²) in [6.07, 6.45) is -4.21. The van der Waals surface area contributed by atoms with Gasteiger partial charge in [0.25, 0.3) is 0 Å². The average Bonchev–Trinajstić information content (AvgIpc) is 3.50. The Hall–Kier alpha value is -7.10. The highest BCUT2D eigenvalue weighted by Crippen LogP contribution is 2.53. The molecule has 0 amide bonds. The molecule has 16 heteroatoms. The minimum atomic E-state index is -1.89. The molecule has 4 aromatic rings. The molecule has 0 saturated heterocycles. The van der Waals surface area contributed by atoms with Gasteiger partial charge in [0.05, 0.1) is 0 Å². The van der Waals surface area contributed by atoms with Crippen LogP contribution in [0.4, 0.5) is 0 Å². The van der Waals surface area contributed by atoms with Gasteiger partial charge in [-0.25, -0.2) is 14.4 Å². The first kappa shape index (κ1) is 36.2. The molecule has 16 nitrogen and oxygen atoms in total. The number of phenols is 7. The third-order valence-corrected chi connectivity index (χ3v) is 8.05. The lowest BCUT2D eigenvalue weighted by Crippen LogP contribution is -2.33. The highest BCUT2D eigenvalue weighted by atomic mass is 16.6. The third kappa shape index (κ3) is 7.86. The third-order valence-electron chi connectivity index (χ3n) is 8.05. The smallest absolute Gasteiger partial charge is 0.345 e. The molecule has 0 saturated carbocycles. The van der Waals surface area contributed by atoms with Crippen LogP contribution < -0.4 is 4.74 Å². The number of carboxylic acids is 2. The van der Waals surface area contributed by atoms with Crippen LogP contribution >= 0.6 is 0 Å². The minimum Gasteiger partial charge on any atom is -0.504 e. The molecule has 0 aliphatic carbocycles. The molecule has 1 heterocycles. The van der Waals surface area contributed by atoms with Crippen LogP contribution in [0.15, 0.2) is 72.8 Å². The maximum absolute atomic E-state index is 14.0. The maximum Gasteiger partial charge on any atom is 0.345 e. The van der Waals surface area contributed by atoms with E-state index in [1.807, 2.05) is 0 Å². The van der Waals surface area contributed by atoms with Crippen LogP contribution in [0.3, 0.4) is 0 Å². The van der Waals surface area contributed by atoms with Crippen molar-refractivity contribution in [3.05, 3.63) is 101 Å². The van der Waals surface area contributed by atoms with Gasteiger partial charge in [0.15, 0.2) is 46.0 Å². The number of ether oxygens (including phenoxy) is 3. The zero-order valence-electron chi connectivity index (χ0n) is 26.6. The van der Waals surface area contributed by atoms with Gasteiger partial charge >= 0.3 is 23.9 Å². The van der Waals surface area contributed by atoms with Crippen LogP contribution in [0.5, 0.6) is 46.0 Å². The van der Waals surface area contributed by atoms with E-state index >= 15 is 0 Å². The normalized spacial score (nSPS) is 16.0. The van der Waals surface area contributed by atoms with Crippen molar-refractivity contribution in [2.24, 2.45) is 0 Å². The van der Waals surface area contributed by atoms with Crippen LogP contribution in [0, 0.1) is 0 Å². The van der Waals surface area contributed by atoms with Gasteiger partial charge in [-0.15, -0.1) is 0 Å². The molecule has 0 unspecified atom stereocenters. The Kier molecular flexibility index (Phi) is 10.3. The van der Waals surface area contributed by atoms with Crippen molar-refractivity contribution < 1.29 is 79.3 Å². The fourth-order valence-electron chi connectivity index (χ4n) is 5.51. The number of esters is 2. The van der Waals surface area contributed by atoms with E-state index in [0.717, 1.165) is 42.5 Å².